The predicted octanol–water partition coefficient (Wildman–Crippen LogP) is 5.13. The van der Waals surface area contributed by atoms with Gasteiger partial charge in [0.05, 0.1) is 17.3 Å². The van der Waals surface area contributed by atoms with Crippen molar-refractivity contribution in [3.8, 4) is 11.5 Å². The molecule has 7 nitrogen and oxygen atoms in total. The van der Waals surface area contributed by atoms with Crippen molar-refractivity contribution in [1.29, 1.82) is 0 Å². The molecule has 1 heterocycles. The Morgan fingerprint density at radius 1 is 1.06 bits per heavy atom. The quantitative estimate of drug-likeness (QED) is 0.379. The van der Waals surface area contributed by atoms with Gasteiger partial charge in [-0.1, -0.05) is 23.5 Å². The highest BCUT2D eigenvalue weighted by Gasteiger charge is 2.21. The number of halogens is 1. The van der Waals surface area contributed by atoms with E-state index in [0.717, 1.165) is 10.2 Å². The number of fused-ring (bicyclic) bond motifs is 1. The molecule has 0 saturated carbocycles. The fourth-order valence-electron chi connectivity index (χ4n) is 3.29. The van der Waals surface area contributed by atoms with Crippen LogP contribution in [0.5, 0.6) is 11.5 Å². The Morgan fingerprint density at radius 2 is 1.82 bits per heavy atom. The van der Waals surface area contributed by atoms with E-state index >= 15 is 0 Å². The third kappa shape index (κ3) is 5.15. The third-order valence-electron chi connectivity index (χ3n) is 4.97. The molecule has 0 atom stereocenters. The van der Waals surface area contributed by atoms with Gasteiger partial charge in [-0.15, -0.1) is 0 Å². The lowest BCUT2D eigenvalue weighted by molar-refractivity contribution is -0.118. The van der Waals surface area contributed by atoms with Crippen LogP contribution in [0, 0.1) is 5.82 Å². The standard InChI is InChI=1S/C25H22FN3O4S/c1-3-29(25-28-19-6-4-5-7-22(19)34-25)24(31)16-8-13-20(21(14-16)32-2)33-15-23(30)27-18-11-9-17(26)10-12-18/h4-14H,3,15H2,1-2H3,(H,27,30). The topological polar surface area (TPSA) is 80.8 Å². The summed E-state index contributed by atoms with van der Waals surface area (Å²) in [7, 11) is 1.46. The molecular weight excluding hydrogens is 457 g/mol. The summed E-state index contributed by atoms with van der Waals surface area (Å²) in [5.41, 5.74) is 1.70. The van der Waals surface area contributed by atoms with E-state index in [1.807, 2.05) is 31.2 Å². The minimum atomic E-state index is -0.415. The second-order valence-electron chi connectivity index (χ2n) is 7.22. The Kier molecular flexibility index (Phi) is 7.03. The predicted molar refractivity (Wildman–Crippen MR) is 130 cm³/mol. The zero-order chi connectivity index (χ0) is 24.1. The number of benzene rings is 3. The van der Waals surface area contributed by atoms with E-state index in [1.54, 1.807) is 23.1 Å². The van der Waals surface area contributed by atoms with Gasteiger partial charge in [0.15, 0.2) is 23.2 Å². The van der Waals surface area contributed by atoms with Gasteiger partial charge in [-0.05, 0) is 61.5 Å². The van der Waals surface area contributed by atoms with E-state index in [2.05, 4.69) is 10.3 Å². The molecule has 0 aliphatic rings. The molecule has 0 saturated heterocycles. The van der Waals surface area contributed by atoms with Gasteiger partial charge in [-0.25, -0.2) is 9.37 Å². The molecule has 3 aromatic carbocycles. The number of anilines is 2. The van der Waals surface area contributed by atoms with Crippen LogP contribution in [0.2, 0.25) is 0 Å². The lowest BCUT2D eigenvalue weighted by atomic mass is 10.1. The number of methoxy groups -OCH3 is 1. The first-order valence-electron chi connectivity index (χ1n) is 10.5. The van der Waals surface area contributed by atoms with E-state index in [4.69, 9.17) is 9.47 Å². The lowest BCUT2D eigenvalue weighted by Gasteiger charge is -2.18. The molecule has 4 aromatic rings. The summed E-state index contributed by atoms with van der Waals surface area (Å²) >= 11 is 1.45. The van der Waals surface area contributed by atoms with Crippen LogP contribution >= 0.6 is 11.3 Å². The second kappa shape index (κ2) is 10.3. The van der Waals surface area contributed by atoms with E-state index in [9.17, 15) is 14.0 Å². The normalized spacial score (nSPS) is 10.7. The summed E-state index contributed by atoms with van der Waals surface area (Å²) in [5.74, 6) is -0.391. The van der Waals surface area contributed by atoms with Crippen molar-refractivity contribution in [2.45, 2.75) is 6.92 Å². The number of para-hydroxylation sites is 1. The molecule has 34 heavy (non-hydrogen) atoms. The van der Waals surface area contributed by atoms with Crippen LogP contribution in [0.4, 0.5) is 15.2 Å². The van der Waals surface area contributed by atoms with Crippen LogP contribution in [-0.4, -0.2) is 37.1 Å². The maximum Gasteiger partial charge on any atom is 0.262 e. The summed E-state index contributed by atoms with van der Waals surface area (Å²) in [5, 5.41) is 3.24. The highest BCUT2D eigenvalue weighted by Crippen LogP contribution is 2.32. The largest absolute Gasteiger partial charge is 0.493 e. The second-order valence-corrected chi connectivity index (χ2v) is 8.23. The van der Waals surface area contributed by atoms with Gasteiger partial charge in [0, 0.05) is 17.8 Å². The summed E-state index contributed by atoms with van der Waals surface area (Å²) in [6.07, 6.45) is 0. The highest BCUT2D eigenvalue weighted by atomic mass is 32.1. The summed E-state index contributed by atoms with van der Waals surface area (Å²) < 4.78 is 25.0. The van der Waals surface area contributed by atoms with Crippen molar-refractivity contribution in [2.75, 3.05) is 30.5 Å². The van der Waals surface area contributed by atoms with E-state index < -0.39 is 11.7 Å². The fraction of sp³-hybridized carbons (Fsp3) is 0.160. The summed E-state index contributed by atoms with van der Waals surface area (Å²) in [6, 6.07) is 17.9. The minimum absolute atomic E-state index is 0.222. The maximum atomic E-state index is 13.2. The number of nitrogens with zero attached hydrogens (tertiary/aromatic N) is 2. The first-order valence-corrected chi connectivity index (χ1v) is 11.3. The Hall–Kier alpha value is -3.98. The number of ether oxygens (including phenoxy) is 2. The Labute approximate surface area is 199 Å². The Morgan fingerprint density at radius 3 is 2.53 bits per heavy atom. The highest BCUT2D eigenvalue weighted by molar-refractivity contribution is 7.22. The van der Waals surface area contributed by atoms with E-state index in [0.29, 0.717) is 34.4 Å². The van der Waals surface area contributed by atoms with Gasteiger partial charge in [-0.3, -0.25) is 14.5 Å². The number of hydrogen-bond donors (Lipinski definition) is 1. The van der Waals surface area contributed by atoms with Gasteiger partial charge >= 0.3 is 0 Å². The SMILES string of the molecule is CCN(C(=O)c1ccc(OCC(=O)Nc2ccc(F)cc2)c(OC)c1)c1nc2ccccc2s1. The zero-order valence-corrected chi connectivity index (χ0v) is 19.4. The maximum absolute atomic E-state index is 13.2. The van der Waals surface area contributed by atoms with Crippen LogP contribution in [0.25, 0.3) is 10.2 Å². The van der Waals surface area contributed by atoms with Gasteiger partial charge in [0.1, 0.15) is 5.82 Å². The molecule has 0 radical (unpaired) electrons. The zero-order valence-electron chi connectivity index (χ0n) is 18.6. The first kappa shape index (κ1) is 23.2. The molecule has 1 aromatic heterocycles. The third-order valence-corrected chi connectivity index (χ3v) is 6.03. The Bertz CT molecular complexity index is 1290. The van der Waals surface area contributed by atoms with Crippen LogP contribution in [0.3, 0.4) is 0 Å². The van der Waals surface area contributed by atoms with Crippen LogP contribution < -0.4 is 19.7 Å². The molecule has 174 valence electrons. The minimum Gasteiger partial charge on any atom is -0.493 e. The molecule has 2 amide bonds. The molecule has 0 unspecified atom stereocenters. The Balaban J connectivity index is 1.46. The van der Waals surface area contributed by atoms with E-state index in [-0.39, 0.29) is 12.5 Å². The smallest absolute Gasteiger partial charge is 0.262 e. The first-order chi connectivity index (χ1) is 16.5. The monoisotopic (exact) mass is 479 g/mol. The molecule has 9 heteroatoms. The van der Waals surface area contributed by atoms with Crippen molar-refractivity contribution in [2.24, 2.45) is 0 Å². The van der Waals surface area contributed by atoms with Gasteiger partial charge in [0.25, 0.3) is 11.8 Å². The van der Waals surface area contributed by atoms with Crippen LogP contribution in [-0.2, 0) is 4.79 Å². The molecule has 1 N–H and O–H groups in total. The fourth-order valence-corrected chi connectivity index (χ4v) is 4.32. The number of carbonyl (C=O) groups excluding carboxylic acids is 2. The van der Waals surface area contributed by atoms with Crippen LogP contribution in [0.1, 0.15) is 17.3 Å². The number of nitrogens with one attached hydrogen (secondary N) is 1. The van der Waals surface area contributed by atoms with Crippen molar-refractivity contribution in [3.05, 3.63) is 78.1 Å². The number of rotatable bonds is 8. The average Bonchev–Trinajstić information content (AvgIpc) is 3.28. The van der Waals surface area contributed by atoms with Gasteiger partial charge < -0.3 is 14.8 Å². The van der Waals surface area contributed by atoms with Crippen molar-refractivity contribution < 1.29 is 23.5 Å². The number of amides is 2. The number of thiazole rings is 1. The molecule has 4 rings (SSSR count). The molecule has 0 fully saturated rings. The molecule has 0 aliphatic carbocycles. The van der Waals surface area contributed by atoms with Gasteiger partial charge in [-0.2, -0.15) is 0 Å². The molecule has 0 aliphatic heterocycles. The molecular formula is C25H22FN3O4S. The van der Waals surface area contributed by atoms with Crippen molar-refractivity contribution >= 4 is 44.2 Å². The molecule has 0 spiro atoms. The van der Waals surface area contributed by atoms with E-state index in [1.165, 1.54) is 42.7 Å². The summed E-state index contributed by atoms with van der Waals surface area (Å²) in [4.78, 5) is 31.6. The van der Waals surface area contributed by atoms with Crippen LogP contribution in [0.15, 0.2) is 66.7 Å². The number of aromatic nitrogens is 1. The number of hydrogen-bond acceptors (Lipinski definition) is 6. The average molecular weight is 480 g/mol. The summed E-state index contributed by atoms with van der Waals surface area (Å²) in [6.45, 7) is 2.05. The van der Waals surface area contributed by atoms with Gasteiger partial charge in [0.2, 0.25) is 0 Å². The molecule has 0 bridgehead atoms. The van der Waals surface area contributed by atoms with Crippen molar-refractivity contribution in [3.63, 3.8) is 0 Å². The van der Waals surface area contributed by atoms with Crippen molar-refractivity contribution in [1.82, 2.24) is 4.98 Å². The lowest BCUT2D eigenvalue weighted by Crippen LogP contribution is -2.30. The number of carbonyl (C=O) groups is 2.